The molecule has 0 aliphatic rings. The van der Waals surface area contributed by atoms with Gasteiger partial charge in [-0.25, -0.2) is 4.98 Å². The van der Waals surface area contributed by atoms with E-state index in [0.717, 1.165) is 22.3 Å². The Balaban J connectivity index is 1.89. The highest BCUT2D eigenvalue weighted by Crippen LogP contribution is 2.50. The summed E-state index contributed by atoms with van der Waals surface area (Å²) < 4.78 is 80.4. The molecule has 2 aromatic heterocycles. The minimum Gasteiger partial charge on any atom is -0.369 e. The van der Waals surface area contributed by atoms with Crippen LogP contribution in [0.5, 0.6) is 0 Å². The molecule has 0 amide bonds. The summed E-state index contributed by atoms with van der Waals surface area (Å²) in [6, 6.07) is 13.1. The molecule has 0 bridgehead atoms. The van der Waals surface area contributed by atoms with Gasteiger partial charge in [0, 0.05) is 18.2 Å². The second-order valence-corrected chi connectivity index (χ2v) is 7.48. The lowest BCUT2D eigenvalue weighted by Crippen LogP contribution is -2.53. The second kappa shape index (κ2) is 8.24. The molecule has 0 fully saturated rings. The van der Waals surface area contributed by atoms with Gasteiger partial charge in [0.2, 0.25) is 0 Å². The lowest BCUT2D eigenvalue weighted by molar-refractivity contribution is -0.376. The van der Waals surface area contributed by atoms with E-state index in [1.54, 1.807) is 30.3 Å². The zero-order valence-corrected chi connectivity index (χ0v) is 17.1. The molecule has 0 atom stereocenters. The maximum absolute atomic E-state index is 13.2. The summed E-state index contributed by atoms with van der Waals surface area (Å²) in [4.78, 5) is 21.6. The Morgan fingerprint density at radius 3 is 2.06 bits per heavy atom. The van der Waals surface area contributed by atoms with E-state index in [1.807, 2.05) is 0 Å². The van der Waals surface area contributed by atoms with Crippen molar-refractivity contribution >= 4 is 10.9 Å². The van der Waals surface area contributed by atoms with E-state index in [9.17, 15) is 36.2 Å². The molecule has 1 N–H and O–H groups in total. The van der Waals surface area contributed by atoms with Crippen LogP contribution in [-0.4, -0.2) is 32.0 Å². The Kier molecular flexibility index (Phi) is 5.68. The number of fused-ring (bicyclic) bond motifs is 1. The molecule has 11 heteroatoms. The molecule has 34 heavy (non-hydrogen) atoms. The second-order valence-electron chi connectivity index (χ2n) is 7.48. The van der Waals surface area contributed by atoms with Crippen molar-refractivity contribution in [2.45, 2.75) is 24.4 Å². The zero-order chi connectivity index (χ0) is 24.7. The minimum atomic E-state index is -6.01. The standard InChI is InChI=1S/C23H15F6N3O2/c24-22(25,26)21(34,23(27,28)29)15-6-8-16(9-7-15)32-19(12-14-4-2-1-3-5-14)31-18-13-30-11-10-17(18)20(32)33/h1-11,13,34H,12H2. The van der Waals surface area contributed by atoms with E-state index in [0.29, 0.717) is 12.1 Å². The summed E-state index contributed by atoms with van der Waals surface area (Å²) in [6.07, 6.45) is -9.13. The molecule has 0 unspecified atom stereocenters. The smallest absolute Gasteiger partial charge is 0.369 e. The highest BCUT2D eigenvalue weighted by molar-refractivity contribution is 5.76. The molecule has 0 aliphatic heterocycles. The number of alkyl halides is 6. The molecule has 176 valence electrons. The topological polar surface area (TPSA) is 68.0 Å². The van der Waals surface area contributed by atoms with Crippen molar-refractivity contribution in [1.29, 1.82) is 0 Å². The van der Waals surface area contributed by atoms with Gasteiger partial charge >= 0.3 is 12.4 Å². The van der Waals surface area contributed by atoms with Crippen LogP contribution >= 0.6 is 0 Å². The van der Waals surface area contributed by atoms with Crippen LogP contribution in [0.2, 0.25) is 0 Å². The van der Waals surface area contributed by atoms with Crippen molar-refractivity contribution in [3.63, 3.8) is 0 Å². The normalized spacial score (nSPS) is 12.8. The van der Waals surface area contributed by atoms with Gasteiger partial charge in [-0.15, -0.1) is 0 Å². The van der Waals surface area contributed by atoms with Crippen molar-refractivity contribution in [2.75, 3.05) is 0 Å². The largest absolute Gasteiger partial charge is 0.430 e. The van der Waals surface area contributed by atoms with E-state index in [1.165, 1.54) is 18.5 Å². The van der Waals surface area contributed by atoms with E-state index in [-0.39, 0.29) is 28.8 Å². The van der Waals surface area contributed by atoms with Gasteiger partial charge in [0.15, 0.2) is 0 Å². The molecule has 2 aromatic carbocycles. The summed E-state index contributed by atoms with van der Waals surface area (Å²) in [5.41, 5.74) is -6.03. The minimum absolute atomic E-state index is 0.0161. The van der Waals surface area contributed by atoms with Gasteiger partial charge in [-0.2, -0.15) is 26.3 Å². The average Bonchev–Trinajstić information content (AvgIpc) is 2.78. The first-order chi connectivity index (χ1) is 15.9. The van der Waals surface area contributed by atoms with Crippen LogP contribution in [0.3, 0.4) is 0 Å². The zero-order valence-electron chi connectivity index (χ0n) is 17.1. The first-order valence-corrected chi connectivity index (χ1v) is 9.80. The third-order valence-corrected chi connectivity index (χ3v) is 5.31. The maximum atomic E-state index is 13.2. The molecule has 0 aliphatic carbocycles. The number of halogens is 6. The fourth-order valence-corrected chi connectivity index (χ4v) is 3.59. The first kappa shape index (κ1) is 23.4. The Morgan fingerprint density at radius 2 is 1.47 bits per heavy atom. The van der Waals surface area contributed by atoms with Gasteiger partial charge in [-0.1, -0.05) is 42.5 Å². The Hall–Kier alpha value is -3.73. The summed E-state index contributed by atoms with van der Waals surface area (Å²) in [6.45, 7) is 0. The Labute approximate surface area is 188 Å². The number of rotatable bonds is 4. The lowest BCUT2D eigenvalue weighted by Gasteiger charge is -2.32. The molecule has 0 spiro atoms. The van der Waals surface area contributed by atoms with Crippen LogP contribution in [0.1, 0.15) is 17.0 Å². The van der Waals surface area contributed by atoms with Crippen molar-refractivity contribution in [1.82, 2.24) is 14.5 Å². The van der Waals surface area contributed by atoms with Gasteiger partial charge in [0.05, 0.1) is 22.8 Å². The van der Waals surface area contributed by atoms with E-state index in [4.69, 9.17) is 0 Å². The fraction of sp³-hybridized carbons (Fsp3) is 0.174. The van der Waals surface area contributed by atoms with Crippen molar-refractivity contribution in [3.8, 4) is 5.69 Å². The molecule has 5 nitrogen and oxygen atoms in total. The first-order valence-electron chi connectivity index (χ1n) is 9.80. The van der Waals surface area contributed by atoms with Gasteiger partial charge in [0.1, 0.15) is 5.82 Å². The lowest BCUT2D eigenvalue weighted by atomic mass is 9.92. The number of nitrogens with zero attached hydrogens (tertiary/aromatic N) is 3. The molecule has 4 rings (SSSR count). The number of aliphatic hydroxyl groups is 1. The fourth-order valence-electron chi connectivity index (χ4n) is 3.59. The Bertz CT molecular complexity index is 1370. The van der Waals surface area contributed by atoms with E-state index in [2.05, 4.69) is 9.97 Å². The predicted octanol–water partition coefficient (Wildman–Crippen LogP) is 4.68. The molecular weight excluding hydrogens is 464 g/mol. The number of benzene rings is 2. The Morgan fingerprint density at radius 1 is 0.853 bits per heavy atom. The van der Waals surface area contributed by atoms with Crippen molar-refractivity contribution in [2.24, 2.45) is 0 Å². The quantitative estimate of drug-likeness (QED) is 0.432. The van der Waals surface area contributed by atoms with Crippen LogP contribution in [0.25, 0.3) is 16.6 Å². The van der Waals surface area contributed by atoms with Gasteiger partial charge < -0.3 is 5.11 Å². The van der Waals surface area contributed by atoms with Gasteiger partial charge in [0.25, 0.3) is 11.2 Å². The third kappa shape index (κ3) is 3.92. The van der Waals surface area contributed by atoms with Crippen LogP contribution < -0.4 is 5.56 Å². The number of hydrogen-bond donors (Lipinski definition) is 1. The predicted molar refractivity (Wildman–Crippen MR) is 110 cm³/mol. The molecular formula is C23H15F6N3O2. The summed E-state index contributed by atoms with van der Waals surface area (Å²) >= 11 is 0. The third-order valence-electron chi connectivity index (χ3n) is 5.31. The highest BCUT2D eigenvalue weighted by atomic mass is 19.4. The van der Waals surface area contributed by atoms with E-state index < -0.39 is 29.1 Å². The monoisotopic (exact) mass is 479 g/mol. The summed E-state index contributed by atoms with van der Waals surface area (Å²) in [5, 5.41) is 9.79. The van der Waals surface area contributed by atoms with Gasteiger partial charge in [-0.05, 0) is 23.8 Å². The summed E-state index contributed by atoms with van der Waals surface area (Å²) in [7, 11) is 0. The molecule has 0 saturated heterocycles. The van der Waals surface area contributed by atoms with Crippen LogP contribution in [-0.2, 0) is 12.0 Å². The average molecular weight is 479 g/mol. The van der Waals surface area contributed by atoms with E-state index >= 15 is 0 Å². The number of aromatic nitrogens is 3. The highest BCUT2D eigenvalue weighted by Gasteiger charge is 2.71. The van der Waals surface area contributed by atoms with Crippen LogP contribution in [0, 0.1) is 0 Å². The number of pyridine rings is 1. The molecule has 4 aromatic rings. The molecule has 2 heterocycles. The number of hydrogen-bond acceptors (Lipinski definition) is 4. The van der Waals surface area contributed by atoms with Crippen LogP contribution in [0.15, 0.2) is 77.9 Å². The van der Waals surface area contributed by atoms with Gasteiger partial charge in [-0.3, -0.25) is 14.3 Å². The SMILES string of the molecule is O=c1c2ccncc2nc(Cc2ccccc2)n1-c1ccc(C(O)(C(F)(F)F)C(F)(F)F)cc1. The van der Waals surface area contributed by atoms with Crippen molar-refractivity contribution in [3.05, 3.63) is 100 Å². The maximum Gasteiger partial charge on any atom is 0.430 e. The molecule has 0 saturated carbocycles. The molecule has 0 radical (unpaired) electrons. The van der Waals surface area contributed by atoms with Crippen molar-refractivity contribution < 1.29 is 31.4 Å². The van der Waals surface area contributed by atoms with Crippen LogP contribution in [0.4, 0.5) is 26.3 Å². The summed E-state index contributed by atoms with van der Waals surface area (Å²) in [5.74, 6) is 0.200.